The number of hydrazone groups is 1. The van der Waals surface area contributed by atoms with Crippen LogP contribution in [0, 0.1) is 0 Å². The molecular weight excluding hydrogens is 298 g/mol. The van der Waals surface area contributed by atoms with Crippen molar-refractivity contribution >= 4 is 33.5 Å². The van der Waals surface area contributed by atoms with Gasteiger partial charge in [0.15, 0.2) is 0 Å². The highest BCUT2D eigenvalue weighted by Crippen LogP contribution is 2.12. The molecule has 0 aliphatic rings. The van der Waals surface area contributed by atoms with Crippen LogP contribution in [0.5, 0.6) is 0 Å². The first kappa shape index (κ1) is 14.5. The average molecular weight is 310 g/mol. The Hall–Kier alpha value is -1.89. The van der Waals surface area contributed by atoms with E-state index in [9.17, 15) is 8.42 Å². The minimum Gasteiger partial charge on any atom is -0.279 e. The fraction of sp³-hybridized carbons (Fsp3) is 0. The van der Waals surface area contributed by atoms with Gasteiger partial charge >= 0.3 is 0 Å². The van der Waals surface area contributed by atoms with E-state index in [1.54, 1.807) is 30.5 Å². The van der Waals surface area contributed by atoms with Gasteiger partial charge in [0.05, 0.1) is 16.8 Å². The quantitative estimate of drug-likeness (QED) is 0.672. The Bertz CT molecular complexity index is 710. The van der Waals surface area contributed by atoms with Crippen LogP contribution in [0.3, 0.4) is 0 Å². The first-order valence-corrected chi connectivity index (χ1v) is 7.55. The van der Waals surface area contributed by atoms with Crippen LogP contribution in [0.1, 0.15) is 5.56 Å². The number of nitrogens with one attached hydrogen (secondary N) is 1. The van der Waals surface area contributed by atoms with Gasteiger partial charge in [0, 0.05) is 5.02 Å². The molecule has 0 unspecified atom stereocenters. The predicted octanol–water partition coefficient (Wildman–Crippen LogP) is 2.43. The van der Waals surface area contributed by atoms with Crippen molar-refractivity contribution in [2.24, 2.45) is 10.2 Å². The number of hydrogen-bond acceptors (Lipinski definition) is 4. The summed E-state index contributed by atoms with van der Waals surface area (Å²) in [7, 11) is -3.67. The highest BCUT2D eigenvalue weighted by molar-refractivity contribution is 7.89. The Labute approximate surface area is 122 Å². The Morgan fingerprint density at radius 3 is 2.20 bits per heavy atom. The lowest BCUT2D eigenvalue weighted by Gasteiger charge is -2.02. The summed E-state index contributed by atoms with van der Waals surface area (Å²) >= 11 is 5.77. The van der Waals surface area contributed by atoms with Crippen LogP contribution in [0.2, 0.25) is 5.02 Å². The van der Waals surface area contributed by atoms with Gasteiger partial charge in [0.1, 0.15) is 0 Å². The van der Waals surface area contributed by atoms with Crippen LogP contribution in [0.15, 0.2) is 58.5 Å². The van der Waals surface area contributed by atoms with E-state index in [2.05, 4.69) is 10.5 Å². The van der Waals surface area contributed by atoms with Crippen LogP contribution in [0.4, 0.5) is 5.69 Å². The third kappa shape index (κ3) is 4.06. The van der Waals surface area contributed by atoms with Crippen molar-refractivity contribution < 1.29 is 8.42 Å². The van der Waals surface area contributed by atoms with Crippen molar-refractivity contribution in [3.8, 4) is 0 Å². The minimum absolute atomic E-state index is 0.0599. The summed E-state index contributed by atoms with van der Waals surface area (Å²) < 4.78 is 22.2. The molecule has 0 aliphatic heterocycles. The first-order valence-electron chi connectivity index (χ1n) is 5.63. The Kier molecular flexibility index (Phi) is 4.39. The molecule has 7 heteroatoms. The zero-order valence-corrected chi connectivity index (χ0v) is 11.9. The third-order valence-electron chi connectivity index (χ3n) is 2.46. The normalized spacial score (nSPS) is 11.7. The topological polar surface area (TPSA) is 84.5 Å². The number of sulfonamides is 1. The molecule has 2 rings (SSSR count). The second kappa shape index (κ2) is 6.04. The van der Waals surface area contributed by atoms with Gasteiger partial charge in [-0.15, -0.1) is 0 Å². The van der Waals surface area contributed by atoms with E-state index in [-0.39, 0.29) is 4.90 Å². The molecule has 20 heavy (non-hydrogen) atoms. The van der Waals surface area contributed by atoms with E-state index in [1.165, 1.54) is 12.1 Å². The summed E-state index contributed by atoms with van der Waals surface area (Å²) in [5.41, 5.74) is 4.33. The Morgan fingerprint density at radius 2 is 1.65 bits per heavy atom. The molecule has 0 amide bonds. The number of primary sulfonamides is 1. The molecule has 0 bridgehead atoms. The van der Waals surface area contributed by atoms with Crippen molar-refractivity contribution in [1.29, 1.82) is 0 Å². The maximum absolute atomic E-state index is 11.1. The zero-order valence-electron chi connectivity index (χ0n) is 10.3. The number of nitrogens with zero attached hydrogens (tertiary/aromatic N) is 1. The molecule has 3 N–H and O–H groups in total. The standard InChI is InChI=1S/C13H12ClN3O2S/c14-11-3-1-10(2-4-11)9-16-17-12-5-7-13(8-6-12)20(15,18)19/h1-9,17H,(H2,15,18,19)/b16-9+. The number of rotatable bonds is 4. The number of benzene rings is 2. The lowest BCUT2D eigenvalue weighted by molar-refractivity contribution is 0.598. The van der Waals surface area contributed by atoms with Crippen molar-refractivity contribution in [2.75, 3.05) is 5.43 Å². The molecule has 0 aromatic heterocycles. The summed E-state index contributed by atoms with van der Waals surface area (Å²) in [6, 6.07) is 13.2. The summed E-state index contributed by atoms with van der Waals surface area (Å²) in [6.45, 7) is 0. The molecule has 0 heterocycles. The van der Waals surface area contributed by atoms with E-state index >= 15 is 0 Å². The highest BCUT2D eigenvalue weighted by atomic mass is 35.5. The number of halogens is 1. The van der Waals surface area contributed by atoms with Crippen LogP contribution >= 0.6 is 11.6 Å². The monoisotopic (exact) mass is 309 g/mol. The molecule has 2 aromatic carbocycles. The Balaban J connectivity index is 2.02. The molecule has 0 aliphatic carbocycles. The van der Waals surface area contributed by atoms with Crippen LogP contribution in [-0.4, -0.2) is 14.6 Å². The maximum atomic E-state index is 11.1. The van der Waals surface area contributed by atoms with E-state index in [4.69, 9.17) is 16.7 Å². The zero-order chi connectivity index (χ0) is 14.6. The number of anilines is 1. The maximum Gasteiger partial charge on any atom is 0.238 e. The highest BCUT2D eigenvalue weighted by Gasteiger charge is 2.05. The lowest BCUT2D eigenvalue weighted by Crippen LogP contribution is -2.11. The molecule has 0 fully saturated rings. The molecule has 5 nitrogen and oxygen atoms in total. The van der Waals surface area contributed by atoms with Crippen LogP contribution in [-0.2, 0) is 10.0 Å². The van der Waals surface area contributed by atoms with E-state index in [1.807, 2.05) is 12.1 Å². The fourth-order valence-corrected chi connectivity index (χ4v) is 2.09. The number of hydrogen-bond donors (Lipinski definition) is 2. The van der Waals surface area contributed by atoms with E-state index in [0.29, 0.717) is 10.7 Å². The largest absolute Gasteiger partial charge is 0.279 e. The van der Waals surface area contributed by atoms with Gasteiger partial charge in [-0.1, -0.05) is 23.7 Å². The van der Waals surface area contributed by atoms with Crippen LogP contribution in [0.25, 0.3) is 0 Å². The van der Waals surface area contributed by atoms with E-state index < -0.39 is 10.0 Å². The smallest absolute Gasteiger partial charge is 0.238 e. The summed E-state index contributed by atoms with van der Waals surface area (Å²) in [5.74, 6) is 0. The molecule has 0 atom stereocenters. The molecule has 0 radical (unpaired) electrons. The molecular formula is C13H12ClN3O2S. The van der Waals surface area contributed by atoms with Crippen molar-refractivity contribution in [3.63, 3.8) is 0 Å². The molecule has 0 saturated heterocycles. The SMILES string of the molecule is NS(=O)(=O)c1ccc(N/N=C/c2ccc(Cl)cc2)cc1. The van der Waals surface area contributed by atoms with E-state index in [0.717, 1.165) is 5.56 Å². The molecule has 2 aromatic rings. The van der Waals surface area contributed by atoms with Gasteiger partial charge in [-0.25, -0.2) is 13.6 Å². The average Bonchev–Trinajstić information content (AvgIpc) is 2.41. The van der Waals surface area contributed by atoms with Gasteiger partial charge in [-0.05, 0) is 42.0 Å². The summed E-state index contributed by atoms with van der Waals surface area (Å²) in [4.78, 5) is 0.0599. The summed E-state index contributed by atoms with van der Waals surface area (Å²) in [5, 5.41) is 9.70. The summed E-state index contributed by atoms with van der Waals surface area (Å²) in [6.07, 6.45) is 1.63. The van der Waals surface area contributed by atoms with Gasteiger partial charge < -0.3 is 0 Å². The number of nitrogens with two attached hydrogens (primary N) is 1. The second-order valence-electron chi connectivity index (χ2n) is 3.99. The lowest BCUT2D eigenvalue weighted by atomic mass is 10.2. The molecule has 104 valence electrons. The fourth-order valence-electron chi connectivity index (χ4n) is 1.45. The second-order valence-corrected chi connectivity index (χ2v) is 5.99. The first-order chi connectivity index (χ1) is 9.45. The minimum atomic E-state index is -3.67. The van der Waals surface area contributed by atoms with Gasteiger partial charge in [0.2, 0.25) is 10.0 Å². The molecule has 0 saturated carbocycles. The predicted molar refractivity (Wildman–Crippen MR) is 80.5 cm³/mol. The van der Waals surface area contributed by atoms with Gasteiger partial charge in [-0.2, -0.15) is 5.10 Å². The van der Waals surface area contributed by atoms with Crippen molar-refractivity contribution in [1.82, 2.24) is 0 Å². The van der Waals surface area contributed by atoms with Gasteiger partial charge in [0.25, 0.3) is 0 Å². The van der Waals surface area contributed by atoms with Crippen molar-refractivity contribution in [3.05, 3.63) is 59.1 Å². The van der Waals surface area contributed by atoms with Gasteiger partial charge in [-0.3, -0.25) is 5.43 Å². The van der Waals surface area contributed by atoms with Crippen molar-refractivity contribution in [2.45, 2.75) is 4.90 Å². The van der Waals surface area contributed by atoms with Crippen LogP contribution < -0.4 is 10.6 Å². The third-order valence-corrected chi connectivity index (χ3v) is 3.64. The Morgan fingerprint density at radius 1 is 1.05 bits per heavy atom. The molecule has 0 spiro atoms.